The molecule has 0 aliphatic carbocycles. The van der Waals surface area contributed by atoms with Crippen LogP contribution < -0.4 is 5.73 Å². The minimum atomic E-state index is 0.560. The summed E-state index contributed by atoms with van der Waals surface area (Å²) in [6.07, 6.45) is 0. The van der Waals surface area contributed by atoms with Gasteiger partial charge in [0, 0.05) is 17.3 Å². The van der Waals surface area contributed by atoms with Crippen LogP contribution in [0.1, 0.15) is 5.56 Å². The molecule has 0 aliphatic rings. The third-order valence-corrected chi connectivity index (χ3v) is 3.87. The molecule has 0 atom stereocenters. The highest BCUT2D eigenvalue weighted by molar-refractivity contribution is 6.06. The second-order valence-electron chi connectivity index (χ2n) is 5.21. The summed E-state index contributed by atoms with van der Waals surface area (Å²) in [7, 11) is 0. The van der Waals surface area contributed by atoms with Crippen LogP contribution in [0.25, 0.3) is 33.1 Å². The van der Waals surface area contributed by atoms with Crippen LogP contribution in [0.15, 0.2) is 71.1 Å². The number of hydrogen-bond acceptors (Lipinski definition) is 2. The predicted molar refractivity (Wildman–Crippen MR) is 87.0 cm³/mol. The van der Waals surface area contributed by atoms with Gasteiger partial charge in [0.05, 0.1) is 0 Å². The van der Waals surface area contributed by atoms with Crippen molar-refractivity contribution in [2.45, 2.75) is 6.54 Å². The Morgan fingerprint density at radius 1 is 0.714 bits per heavy atom. The van der Waals surface area contributed by atoms with E-state index in [4.69, 9.17) is 10.2 Å². The predicted octanol–water partition coefficient (Wildman–Crippen LogP) is 4.71. The quantitative estimate of drug-likeness (QED) is 0.574. The minimum absolute atomic E-state index is 0.560. The molecule has 4 aromatic rings. The Morgan fingerprint density at radius 3 is 2.43 bits per heavy atom. The molecule has 0 bridgehead atoms. The zero-order valence-electron chi connectivity index (χ0n) is 11.5. The smallest absolute Gasteiger partial charge is 0.135 e. The molecule has 0 spiro atoms. The highest BCUT2D eigenvalue weighted by Gasteiger charge is 2.08. The van der Waals surface area contributed by atoms with E-state index in [1.165, 1.54) is 11.1 Å². The molecule has 102 valence electrons. The Balaban J connectivity index is 1.95. The first-order valence-corrected chi connectivity index (χ1v) is 7.06. The highest BCUT2D eigenvalue weighted by Crippen LogP contribution is 2.32. The van der Waals surface area contributed by atoms with Gasteiger partial charge in [-0.3, -0.25) is 0 Å². The molecule has 0 aliphatic heterocycles. The molecule has 4 rings (SSSR count). The van der Waals surface area contributed by atoms with Gasteiger partial charge in [0.15, 0.2) is 0 Å². The lowest BCUT2D eigenvalue weighted by Gasteiger charge is -2.04. The van der Waals surface area contributed by atoms with Crippen molar-refractivity contribution in [1.82, 2.24) is 0 Å². The summed E-state index contributed by atoms with van der Waals surface area (Å²) in [5.74, 6) is 0. The Kier molecular flexibility index (Phi) is 2.76. The topological polar surface area (TPSA) is 39.2 Å². The molecule has 3 aromatic carbocycles. The normalized spacial score (nSPS) is 11.3. The first kappa shape index (κ1) is 12.2. The summed E-state index contributed by atoms with van der Waals surface area (Å²) >= 11 is 0. The van der Waals surface area contributed by atoms with Crippen molar-refractivity contribution in [3.8, 4) is 11.1 Å². The summed E-state index contributed by atoms with van der Waals surface area (Å²) in [6.45, 7) is 0.560. The standard InChI is InChI=1S/C19H15NO/c20-12-13-4-3-5-14(10-13)15-8-9-19-17(11-15)16-6-1-2-7-18(16)21-19/h1-11H,12,20H2. The summed E-state index contributed by atoms with van der Waals surface area (Å²) in [4.78, 5) is 0. The molecular formula is C19H15NO. The lowest BCUT2D eigenvalue weighted by atomic mass is 10.0. The molecule has 0 saturated heterocycles. The van der Waals surface area contributed by atoms with Gasteiger partial charge in [-0.1, -0.05) is 42.5 Å². The van der Waals surface area contributed by atoms with Crippen molar-refractivity contribution in [2.75, 3.05) is 0 Å². The van der Waals surface area contributed by atoms with Crippen molar-refractivity contribution in [1.29, 1.82) is 0 Å². The van der Waals surface area contributed by atoms with Gasteiger partial charge in [-0.2, -0.15) is 0 Å². The first-order valence-electron chi connectivity index (χ1n) is 7.06. The number of benzene rings is 3. The van der Waals surface area contributed by atoms with Crippen molar-refractivity contribution >= 4 is 21.9 Å². The third kappa shape index (κ3) is 2.01. The lowest BCUT2D eigenvalue weighted by molar-refractivity contribution is 0.669. The van der Waals surface area contributed by atoms with Gasteiger partial charge in [0.25, 0.3) is 0 Å². The molecule has 0 amide bonds. The highest BCUT2D eigenvalue weighted by atomic mass is 16.3. The SMILES string of the molecule is NCc1cccc(-c2ccc3oc4ccccc4c3c2)c1. The Labute approximate surface area is 122 Å². The maximum atomic E-state index is 5.87. The zero-order chi connectivity index (χ0) is 14.2. The average Bonchev–Trinajstić information content (AvgIpc) is 2.92. The van der Waals surface area contributed by atoms with Gasteiger partial charge in [-0.05, 0) is 41.0 Å². The molecule has 0 radical (unpaired) electrons. The van der Waals surface area contributed by atoms with Crippen molar-refractivity contribution in [2.24, 2.45) is 5.73 Å². The fourth-order valence-corrected chi connectivity index (χ4v) is 2.78. The molecule has 1 heterocycles. The van der Waals surface area contributed by atoms with E-state index < -0.39 is 0 Å². The van der Waals surface area contributed by atoms with Crippen LogP contribution in [-0.2, 0) is 6.54 Å². The van der Waals surface area contributed by atoms with Crippen LogP contribution in [-0.4, -0.2) is 0 Å². The number of hydrogen-bond donors (Lipinski definition) is 1. The number of furan rings is 1. The monoisotopic (exact) mass is 273 g/mol. The number of rotatable bonds is 2. The van der Waals surface area contributed by atoms with Gasteiger partial charge in [-0.25, -0.2) is 0 Å². The first-order chi connectivity index (χ1) is 10.3. The number of para-hydroxylation sites is 1. The molecule has 2 heteroatoms. The molecule has 0 unspecified atom stereocenters. The van der Waals surface area contributed by atoms with Gasteiger partial charge >= 0.3 is 0 Å². The molecule has 0 saturated carbocycles. The minimum Gasteiger partial charge on any atom is -0.456 e. The summed E-state index contributed by atoms with van der Waals surface area (Å²) in [6, 6.07) is 22.8. The fourth-order valence-electron chi connectivity index (χ4n) is 2.78. The second kappa shape index (κ2) is 4.76. The van der Waals surface area contributed by atoms with E-state index in [1.807, 2.05) is 24.3 Å². The second-order valence-corrected chi connectivity index (χ2v) is 5.21. The number of nitrogens with two attached hydrogens (primary N) is 1. The van der Waals surface area contributed by atoms with Crippen LogP contribution in [0.2, 0.25) is 0 Å². The van der Waals surface area contributed by atoms with Crippen molar-refractivity contribution < 1.29 is 4.42 Å². The molecule has 0 fully saturated rings. The molecule has 1 aromatic heterocycles. The van der Waals surface area contributed by atoms with E-state index in [2.05, 4.69) is 42.5 Å². The molecule has 2 nitrogen and oxygen atoms in total. The van der Waals surface area contributed by atoms with Crippen LogP contribution in [0, 0.1) is 0 Å². The molecule has 21 heavy (non-hydrogen) atoms. The van der Waals surface area contributed by atoms with E-state index in [0.717, 1.165) is 27.5 Å². The summed E-state index contributed by atoms with van der Waals surface area (Å²) < 4.78 is 5.87. The van der Waals surface area contributed by atoms with Crippen molar-refractivity contribution in [3.63, 3.8) is 0 Å². The van der Waals surface area contributed by atoms with E-state index in [-0.39, 0.29) is 0 Å². The summed E-state index contributed by atoms with van der Waals surface area (Å²) in [5, 5.41) is 2.31. The largest absolute Gasteiger partial charge is 0.456 e. The maximum Gasteiger partial charge on any atom is 0.135 e. The molecular weight excluding hydrogens is 258 g/mol. The van der Waals surface area contributed by atoms with Gasteiger partial charge in [0.1, 0.15) is 11.2 Å². The van der Waals surface area contributed by atoms with Gasteiger partial charge in [0.2, 0.25) is 0 Å². The fraction of sp³-hybridized carbons (Fsp3) is 0.0526. The molecule has 2 N–H and O–H groups in total. The number of fused-ring (bicyclic) bond motifs is 3. The van der Waals surface area contributed by atoms with Crippen LogP contribution >= 0.6 is 0 Å². The van der Waals surface area contributed by atoms with E-state index in [0.29, 0.717) is 6.54 Å². The van der Waals surface area contributed by atoms with Gasteiger partial charge < -0.3 is 10.2 Å². The van der Waals surface area contributed by atoms with Crippen LogP contribution in [0.4, 0.5) is 0 Å². The zero-order valence-corrected chi connectivity index (χ0v) is 11.5. The Morgan fingerprint density at radius 2 is 1.52 bits per heavy atom. The lowest BCUT2D eigenvalue weighted by Crippen LogP contribution is -1.95. The van der Waals surface area contributed by atoms with E-state index in [9.17, 15) is 0 Å². The van der Waals surface area contributed by atoms with Crippen LogP contribution in [0.5, 0.6) is 0 Å². The van der Waals surface area contributed by atoms with Gasteiger partial charge in [-0.15, -0.1) is 0 Å². The van der Waals surface area contributed by atoms with Crippen molar-refractivity contribution in [3.05, 3.63) is 72.3 Å². The Hall–Kier alpha value is -2.58. The third-order valence-electron chi connectivity index (χ3n) is 3.87. The van der Waals surface area contributed by atoms with E-state index >= 15 is 0 Å². The Bertz CT molecular complexity index is 937. The van der Waals surface area contributed by atoms with E-state index in [1.54, 1.807) is 0 Å². The van der Waals surface area contributed by atoms with Crippen LogP contribution in [0.3, 0.4) is 0 Å². The summed E-state index contributed by atoms with van der Waals surface area (Å²) in [5.41, 5.74) is 11.1. The average molecular weight is 273 g/mol. The maximum absolute atomic E-state index is 5.87.